The Kier molecular flexibility index (Phi) is 6.21. The third-order valence-electron chi connectivity index (χ3n) is 5.44. The monoisotopic (exact) mass is 374 g/mol. The molecule has 0 aromatic heterocycles. The highest BCUT2D eigenvalue weighted by Crippen LogP contribution is 2.30. The first-order chi connectivity index (χ1) is 13.0. The summed E-state index contributed by atoms with van der Waals surface area (Å²) < 4.78 is 4.83. The number of benzene rings is 1. The predicted octanol–water partition coefficient (Wildman–Crippen LogP) is 2.63. The zero-order chi connectivity index (χ0) is 19.4. The standard InChI is InChI=1S/C20H30N4O3/c1-15(2)22-10-12-24(13-11-22)20(26)21-17-14-16(19(25)27-3)6-7-18(17)23-8-4-5-9-23/h6-7,14-15H,4-5,8-13H2,1-3H3,(H,21,26). The zero-order valence-electron chi connectivity index (χ0n) is 16.5. The maximum Gasteiger partial charge on any atom is 0.337 e. The van der Waals surface area contributed by atoms with E-state index in [1.165, 1.54) is 7.11 Å². The Morgan fingerprint density at radius 3 is 2.30 bits per heavy atom. The normalized spacial score (nSPS) is 18.1. The van der Waals surface area contributed by atoms with Gasteiger partial charge in [0.2, 0.25) is 0 Å². The number of esters is 1. The average Bonchev–Trinajstić information content (AvgIpc) is 3.21. The number of amides is 2. The number of hydrogen-bond donors (Lipinski definition) is 1. The average molecular weight is 374 g/mol. The van der Waals surface area contributed by atoms with E-state index in [0.717, 1.165) is 44.7 Å². The van der Waals surface area contributed by atoms with Gasteiger partial charge in [-0.3, -0.25) is 4.90 Å². The van der Waals surface area contributed by atoms with E-state index in [0.29, 0.717) is 30.4 Å². The minimum absolute atomic E-state index is 0.110. The predicted molar refractivity (Wildman–Crippen MR) is 107 cm³/mol. The molecule has 0 bridgehead atoms. The van der Waals surface area contributed by atoms with Crippen molar-refractivity contribution in [3.05, 3.63) is 23.8 Å². The van der Waals surface area contributed by atoms with E-state index in [-0.39, 0.29) is 6.03 Å². The summed E-state index contributed by atoms with van der Waals surface area (Å²) in [6.45, 7) is 9.46. The van der Waals surface area contributed by atoms with Crippen LogP contribution in [-0.4, -0.2) is 74.2 Å². The molecule has 2 saturated heterocycles. The number of ether oxygens (including phenoxy) is 1. The first-order valence-electron chi connectivity index (χ1n) is 9.77. The van der Waals surface area contributed by atoms with Gasteiger partial charge in [-0.2, -0.15) is 0 Å². The highest BCUT2D eigenvalue weighted by Gasteiger charge is 2.24. The van der Waals surface area contributed by atoms with E-state index in [4.69, 9.17) is 4.74 Å². The van der Waals surface area contributed by atoms with Crippen molar-refractivity contribution in [3.63, 3.8) is 0 Å². The molecule has 0 aliphatic carbocycles. The van der Waals surface area contributed by atoms with Gasteiger partial charge in [-0.15, -0.1) is 0 Å². The van der Waals surface area contributed by atoms with Crippen LogP contribution in [0.2, 0.25) is 0 Å². The molecule has 27 heavy (non-hydrogen) atoms. The van der Waals surface area contributed by atoms with Gasteiger partial charge >= 0.3 is 12.0 Å². The summed E-state index contributed by atoms with van der Waals surface area (Å²) in [4.78, 5) is 31.2. The Labute approximate surface area is 161 Å². The number of nitrogens with one attached hydrogen (secondary N) is 1. The second kappa shape index (κ2) is 8.61. The Morgan fingerprint density at radius 2 is 1.70 bits per heavy atom. The Bertz CT molecular complexity index is 678. The molecule has 0 atom stereocenters. The van der Waals surface area contributed by atoms with Crippen molar-refractivity contribution in [1.29, 1.82) is 0 Å². The van der Waals surface area contributed by atoms with Gasteiger partial charge in [0.05, 0.1) is 24.0 Å². The van der Waals surface area contributed by atoms with Crippen LogP contribution in [0.1, 0.15) is 37.0 Å². The summed E-state index contributed by atoms with van der Waals surface area (Å²) in [6.07, 6.45) is 2.28. The molecular formula is C20H30N4O3. The number of carbonyl (C=O) groups excluding carboxylic acids is 2. The second-order valence-electron chi connectivity index (χ2n) is 7.46. The third-order valence-corrected chi connectivity index (χ3v) is 5.44. The van der Waals surface area contributed by atoms with Crippen molar-refractivity contribution in [2.45, 2.75) is 32.7 Å². The molecule has 2 amide bonds. The van der Waals surface area contributed by atoms with Gasteiger partial charge < -0.3 is 19.9 Å². The van der Waals surface area contributed by atoms with Gasteiger partial charge in [-0.1, -0.05) is 0 Å². The topological polar surface area (TPSA) is 65.1 Å². The van der Waals surface area contributed by atoms with E-state index in [1.54, 1.807) is 12.1 Å². The first kappa shape index (κ1) is 19.5. The van der Waals surface area contributed by atoms with Crippen LogP contribution in [-0.2, 0) is 4.74 Å². The zero-order valence-corrected chi connectivity index (χ0v) is 16.5. The summed E-state index contributed by atoms with van der Waals surface area (Å²) in [5.41, 5.74) is 2.09. The lowest BCUT2D eigenvalue weighted by Crippen LogP contribution is -2.51. The fraction of sp³-hybridized carbons (Fsp3) is 0.600. The summed E-state index contributed by atoms with van der Waals surface area (Å²) in [5.74, 6) is -0.399. The molecule has 1 aromatic carbocycles. The summed E-state index contributed by atoms with van der Waals surface area (Å²) in [5, 5.41) is 3.04. The maximum atomic E-state index is 12.8. The Morgan fingerprint density at radius 1 is 1.04 bits per heavy atom. The quantitative estimate of drug-likeness (QED) is 0.821. The molecule has 0 saturated carbocycles. The largest absolute Gasteiger partial charge is 0.465 e. The fourth-order valence-corrected chi connectivity index (χ4v) is 3.75. The van der Waals surface area contributed by atoms with Crippen LogP contribution in [0, 0.1) is 0 Å². The van der Waals surface area contributed by atoms with Crippen LogP contribution in [0.5, 0.6) is 0 Å². The number of nitrogens with zero attached hydrogens (tertiary/aromatic N) is 3. The lowest BCUT2D eigenvalue weighted by atomic mass is 10.1. The van der Waals surface area contributed by atoms with Gasteiger partial charge in [0, 0.05) is 45.3 Å². The van der Waals surface area contributed by atoms with Crippen molar-refractivity contribution in [2.24, 2.45) is 0 Å². The highest BCUT2D eigenvalue weighted by molar-refractivity contribution is 5.97. The van der Waals surface area contributed by atoms with Crippen LogP contribution in [0.3, 0.4) is 0 Å². The van der Waals surface area contributed by atoms with E-state index in [2.05, 4.69) is 29.0 Å². The molecule has 3 rings (SSSR count). The van der Waals surface area contributed by atoms with Gasteiger partial charge in [0.25, 0.3) is 0 Å². The number of hydrogen-bond acceptors (Lipinski definition) is 5. The summed E-state index contributed by atoms with van der Waals surface area (Å²) >= 11 is 0. The number of urea groups is 1. The summed E-state index contributed by atoms with van der Waals surface area (Å²) in [7, 11) is 1.36. The van der Waals surface area contributed by atoms with E-state index < -0.39 is 5.97 Å². The molecule has 2 heterocycles. The van der Waals surface area contributed by atoms with Gasteiger partial charge in [0.1, 0.15) is 0 Å². The first-order valence-corrected chi connectivity index (χ1v) is 9.77. The molecular weight excluding hydrogens is 344 g/mol. The molecule has 1 aromatic rings. The van der Waals surface area contributed by atoms with E-state index >= 15 is 0 Å². The van der Waals surface area contributed by atoms with E-state index in [1.807, 2.05) is 11.0 Å². The minimum Gasteiger partial charge on any atom is -0.465 e. The highest BCUT2D eigenvalue weighted by atomic mass is 16.5. The lowest BCUT2D eigenvalue weighted by molar-refractivity contribution is 0.0600. The molecule has 2 aliphatic rings. The maximum absolute atomic E-state index is 12.8. The molecule has 7 nitrogen and oxygen atoms in total. The molecule has 0 radical (unpaired) electrons. The van der Waals surface area contributed by atoms with Crippen molar-refractivity contribution in [1.82, 2.24) is 9.80 Å². The molecule has 1 N–H and O–H groups in total. The number of carbonyl (C=O) groups is 2. The fourth-order valence-electron chi connectivity index (χ4n) is 3.75. The van der Waals surface area contributed by atoms with E-state index in [9.17, 15) is 9.59 Å². The molecule has 2 aliphatic heterocycles. The van der Waals surface area contributed by atoms with Crippen molar-refractivity contribution in [3.8, 4) is 0 Å². The van der Waals surface area contributed by atoms with Crippen LogP contribution in [0.4, 0.5) is 16.2 Å². The van der Waals surface area contributed by atoms with Crippen molar-refractivity contribution >= 4 is 23.4 Å². The third kappa shape index (κ3) is 4.53. The molecule has 0 unspecified atom stereocenters. The Hall–Kier alpha value is -2.28. The molecule has 2 fully saturated rings. The SMILES string of the molecule is COC(=O)c1ccc(N2CCCC2)c(NC(=O)N2CCN(C(C)C)CC2)c1. The number of anilines is 2. The van der Waals surface area contributed by atoms with Crippen molar-refractivity contribution < 1.29 is 14.3 Å². The minimum atomic E-state index is -0.399. The van der Waals surface area contributed by atoms with Crippen LogP contribution in [0.15, 0.2) is 18.2 Å². The Balaban J connectivity index is 1.75. The number of rotatable bonds is 4. The number of methoxy groups -OCH3 is 1. The van der Waals surface area contributed by atoms with Crippen LogP contribution >= 0.6 is 0 Å². The van der Waals surface area contributed by atoms with Crippen LogP contribution < -0.4 is 10.2 Å². The molecule has 148 valence electrons. The lowest BCUT2D eigenvalue weighted by Gasteiger charge is -2.37. The molecule has 7 heteroatoms. The second-order valence-corrected chi connectivity index (χ2v) is 7.46. The summed E-state index contributed by atoms with van der Waals surface area (Å²) in [6, 6.07) is 5.77. The van der Waals surface area contributed by atoms with Crippen LogP contribution in [0.25, 0.3) is 0 Å². The van der Waals surface area contributed by atoms with Gasteiger partial charge in [-0.25, -0.2) is 9.59 Å². The number of piperazine rings is 1. The molecule has 0 spiro atoms. The van der Waals surface area contributed by atoms with Gasteiger partial charge in [0.15, 0.2) is 0 Å². The smallest absolute Gasteiger partial charge is 0.337 e. The van der Waals surface area contributed by atoms with Crippen molar-refractivity contribution in [2.75, 3.05) is 56.6 Å². The van der Waals surface area contributed by atoms with Gasteiger partial charge in [-0.05, 0) is 44.9 Å².